The fourth-order valence-electron chi connectivity index (χ4n) is 2.76. The monoisotopic (exact) mass is 423 g/mol. The summed E-state index contributed by atoms with van der Waals surface area (Å²) in [7, 11) is 0. The number of hydrogen-bond donors (Lipinski definition) is 2. The van der Waals surface area contributed by atoms with E-state index in [1.165, 1.54) is 10.9 Å². The van der Waals surface area contributed by atoms with Gasteiger partial charge < -0.3 is 11.1 Å². The Labute approximate surface area is 165 Å². The zero-order chi connectivity index (χ0) is 19.4. The summed E-state index contributed by atoms with van der Waals surface area (Å²) < 4.78 is 2.47. The standard InChI is InChI=1S/C20H18BrN5O/c1-2-18(13-3-7-16(21)8-4-13)25-20(27)14-5-9-17(10-6-14)26-19(23)15(11-22)12-24-26/h3-10,12,18H,2,23H2,1H3,(H,25,27). The predicted molar refractivity (Wildman–Crippen MR) is 107 cm³/mol. The van der Waals surface area contributed by atoms with Gasteiger partial charge in [-0.1, -0.05) is 35.0 Å². The van der Waals surface area contributed by atoms with Gasteiger partial charge in [0.05, 0.1) is 17.9 Å². The van der Waals surface area contributed by atoms with Gasteiger partial charge in [0, 0.05) is 10.0 Å². The Hall–Kier alpha value is -3.11. The van der Waals surface area contributed by atoms with Gasteiger partial charge in [-0.25, -0.2) is 4.68 Å². The number of halogens is 1. The number of carbonyl (C=O) groups excluding carboxylic acids is 1. The third-order valence-corrected chi connectivity index (χ3v) is 4.82. The largest absolute Gasteiger partial charge is 0.382 e. The van der Waals surface area contributed by atoms with Gasteiger partial charge in [-0.15, -0.1) is 0 Å². The molecule has 0 bridgehead atoms. The number of rotatable bonds is 5. The second-order valence-corrected chi connectivity index (χ2v) is 6.92. The number of nitrogen functional groups attached to an aromatic ring is 1. The maximum absolute atomic E-state index is 12.6. The van der Waals surface area contributed by atoms with Crippen molar-refractivity contribution in [3.63, 3.8) is 0 Å². The Morgan fingerprint density at radius 3 is 2.48 bits per heavy atom. The Morgan fingerprint density at radius 2 is 1.93 bits per heavy atom. The minimum Gasteiger partial charge on any atom is -0.382 e. The summed E-state index contributed by atoms with van der Waals surface area (Å²) in [5.74, 6) is 0.124. The molecule has 1 atom stereocenters. The van der Waals surface area contributed by atoms with Crippen LogP contribution < -0.4 is 11.1 Å². The molecule has 0 aliphatic rings. The van der Waals surface area contributed by atoms with Crippen LogP contribution in [0.2, 0.25) is 0 Å². The molecule has 136 valence electrons. The summed E-state index contributed by atoms with van der Waals surface area (Å²) in [4.78, 5) is 12.6. The lowest BCUT2D eigenvalue weighted by Gasteiger charge is -2.18. The van der Waals surface area contributed by atoms with Gasteiger partial charge in [-0.2, -0.15) is 10.4 Å². The average Bonchev–Trinajstić information content (AvgIpc) is 3.07. The molecule has 3 rings (SSSR count). The highest BCUT2D eigenvalue weighted by Gasteiger charge is 2.15. The minimum absolute atomic E-state index is 0.0646. The number of nitrogens with zero attached hydrogens (tertiary/aromatic N) is 3. The molecule has 0 spiro atoms. The van der Waals surface area contributed by atoms with Crippen molar-refractivity contribution in [3.8, 4) is 11.8 Å². The van der Waals surface area contributed by atoms with E-state index >= 15 is 0 Å². The molecule has 0 fully saturated rings. The van der Waals surface area contributed by atoms with Gasteiger partial charge >= 0.3 is 0 Å². The highest BCUT2D eigenvalue weighted by atomic mass is 79.9. The second-order valence-electron chi connectivity index (χ2n) is 6.00. The van der Waals surface area contributed by atoms with Crippen molar-refractivity contribution in [3.05, 3.63) is 75.9 Å². The van der Waals surface area contributed by atoms with Crippen LogP contribution in [0.1, 0.15) is 40.9 Å². The summed E-state index contributed by atoms with van der Waals surface area (Å²) in [5, 5.41) is 16.1. The molecule has 0 saturated heterocycles. The van der Waals surface area contributed by atoms with E-state index in [0.29, 0.717) is 16.8 Å². The van der Waals surface area contributed by atoms with E-state index in [1.54, 1.807) is 24.3 Å². The maximum atomic E-state index is 12.6. The topological polar surface area (TPSA) is 96.7 Å². The fourth-order valence-corrected chi connectivity index (χ4v) is 3.03. The van der Waals surface area contributed by atoms with Crippen molar-refractivity contribution in [1.29, 1.82) is 5.26 Å². The summed E-state index contributed by atoms with van der Waals surface area (Å²) in [5.41, 5.74) is 8.50. The molecule has 3 N–H and O–H groups in total. The zero-order valence-electron chi connectivity index (χ0n) is 14.7. The van der Waals surface area contributed by atoms with Crippen molar-refractivity contribution in [2.45, 2.75) is 19.4 Å². The number of aromatic nitrogens is 2. The van der Waals surface area contributed by atoms with Crippen LogP contribution in [0.25, 0.3) is 5.69 Å². The molecule has 3 aromatic rings. The van der Waals surface area contributed by atoms with Crippen LogP contribution in [0.3, 0.4) is 0 Å². The number of nitriles is 1. The van der Waals surface area contributed by atoms with Gasteiger partial charge in [0.15, 0.2) is 0 Å². The SMILES string of the molecule is CCC(NC(=O)c1ccc(-n2ncc(C#N)c2N)cc1)c1ccc(Br)cc1. The predicted octanol–water partition coefficient (Wildman–Crippen LogP) is 3.97. The quantitative estimate of drug-likeness (QED) is 0.648. The van der Waals surface area contributed by atoms with Crippen molar-refractivity contribution in [2.24, 2.45) is 0 Å². The van der Waals surface area contributed by atoms with Gasteiger partial charge in [-0.3, -0.25) is 4.79 Å². The second kappa shape index (κ2) is 8.06. The lowest BCUT2D eigenvalue weighted by atomic mass is 10.0. The molecule has 6 nitrogen and oxygen atoms in total. The van der Waals surface area contributed by atoms with Crippen molar-refractivity contribution < 1.29 is 4.79 Å². The first kappa shape index (κ1) is 18.7. The molecule has 7 heteroatoms. The number of nitrogens with two attached hydrogens (primary N) is 1. The molecule has 1 aromatic heterocycles. The Balaban J connectivity index is 1.76. The van der Waals surface area contributed by atoms with Gasteiger partial charge in [-0.05, 0) is 48.4 Å². The molecule has 0 aliphatic heterocycles. The number of nitrogens with one attached hydrogen (secondary N) is 1. The number of benzene rings is 2. The van der Waals surface area contributed by atoms with E-state index in [2.05, 4.69) is 26.3 Å². The van der Waals surface area contributed by atoms with Crippen LogP contribution >= 0.6 is 15.9 Å². The lowest BCUT2D eigenvalue weighted by Crippen LogP contribution is -2.28. The average molecular weight is 424 g/mol. The van der Waals surface area contributed by atoms with E-state index in [-0.39, 0.29) is 17.8 Å². The number of amides is 1. The highest BCUT2D eigenvalue weighted by Crippen LogP contribution is 2.21. The van der Waals surface area contributed by atoms with Crippen LogP contribution in [0.5, 0.6) is 0 Å². The van der Waals surface area contributed by atoms with Gasteiger partial charge in [0.2, 0.25) is 0 Å². The summed E-state index contributed by atoms with van der Waals surface area (Å²) in [6.45, 7) is 2.03. The normalized spacial score (nSPS) is 11.6. The summed E-state index contributed by atoms with van der Waals surface area (Å²) >= 11 is 3.42. The van der Waals surface area contributed by atoms with Crippen LogP contribution in [0, 0.1) is 11.3 Å². The number of carbonyl (C=O) groups is 1. The Bertz CT molecular complexity index is 987. The number of anilines is 1. The van der Waals surface area contributed by atoms with E-state index in [4.69, 9.17) is 11.0 Å². The van der Waals surface area contributed by atoms with Crippen molar-refractivity contribution in [1.82, 2.24) is 15.1 Å². The molecule has 1 heterocycles. The number of hydrogen-bond acceptors (Lipinski definition) is 4. The van der Waals surface area contributed by atoms with Gasteiger partial charge in [0.25, 0.3) is 5.91 Å². The van der Waals surface area contributed by atoms with E-state index in [0.717, 1.165) is 16.5 Å². The maximum Gasteiger partial charge on any atom is 0.251 e. The van der Waals surface area contributed by atoms with Crippen LogP contribution in [-0.4, -0.2) is 15.7 Å². The van der Waals surface area contributed by atoms with E-state index in [9.17, 15) is 4.79 Å². The molecule has 27 heavy (non-hydrogen) atoms. The third kappa shape index (κ3) is 4.01. The molecular weight excluding hydrogens is 406 g/mol. The molecule has 1 unspecified atom stereocenters. The minimum atomic E-state index is -0.150. The molecule has 1 amide bonds. The smallest absolute Gasteiger partial charge is 0.251 e. The Morgan fingerprint density at radius 1 is 1.26 bits per heavy atom. The molecule has 2 aromatic carbocycles. The van der Waals surface area contributed by atoms with Crippen LogP contribution in [0.15, 0.2) is 59.2 Å². The van der Waals surface area contributed by atoms with Crippen molar-refractivity contribution in [2.75, 3.05) is 5.73 Å². The van der Waals surface area contributed by atoms with Gasteiger partial charge in [0.1, 0.15) is 17.5 Å². The first-order chi connectivity index (χ1) is 13.0. The van der Waals surface area contributed by atoms with Crippen molar-refractivity contribution >= 4 is 27.7 Å². The fraction of sp³-hybridized carbons (Fsp3) is 0.150. The molecule has 0 saturated carbocycles. The molecule has 0 radical (unpaired) electrons. The zero-order valence-corrected chi connectivity index (χ0v) is 16.3. The van der Waals surface area contributed by atoms with E-state index < -0.39 is 0 Å². The first-order valence-electron chi connectivity index (χ1n) is 8.43. The van der Waals surface area contributed by atoms with Crippen LogP contribution in [0.4, 0.5) is 5.82 Å². The van der Waals surface area contributed by atoms with Crippen LogP contribution in [-0.2, 0) is 0 Å². The molecule has 0 aliphatic carbocycles. The summed E-state index contributed by atoms with van der Waals surface area (Å²) in [6.07, 6.45) is 2.20. The Kier molecular flexibility index (Phi) is 5.57. The third-order valence-electron chi connectivity index (χ3n) is 4.29. The molecular formula is C20H18BrN5O. The summed E-state index contributed by atoms with van der Waals surface area (Å²) in [6, 6.07) is 16.8. The lowest BCUT2D eigenvalue weighted by molar-refractivity contribution is 0.0935. The van der Waals surface area contributed by atoms with E-state index in [1.807, 2.05) is 37.3 Å². The highest BCUT2D eigenvalue weighted by molar-refractivity contribution is 9.10. The first-order valence-corrected chi connectivity index (χ1v) is 9.23.